The van der Waals surface area contributed by atoms with Gasteiger partial charge in [-0.25, -0.2) is 0 Å². The molecule has 5 heteroatoms. The van der Waals surface area contributed by atoms with Gasteiger partial charge in [-0.1, -0.05) is 36.8 Å². The van der Waals surface area contributed by atoms with Crippen molar-refractivity contribution in [1.82, 2.24) is 15.2 Å². The van der Waals surface area contributed by atoms with Gasteiger partial charge in [0.05, 0.1) is 0 Å². The molecule has 23 heavy (non-hydrogen) atoms. The fourth-order valence-electron chi connectivity index (χ4n) is 3.12. The molecule has 1 aromatic heterocycles. The van der Waals surface area contributed by atoms with Crippen molar-refractivity contribution < 1.29 is 4.79 Å². The van der Waals surface area contributed by atoms with E-state index in [1.54, 1.807) is 12.3 Å². The van der Waals surface area contributed by atoms with Crippen molar-refractivity contribution in [3.05, 3.63) is 58.3 Å². The lowest BCUT2D eigenvalue weighted by atomic mass is 10.0. The number of aromatic nitrogens is 1. The van der Waals surface area contributed by atoms with E-state index in [2.05, 4.69) is 55.4 Å². The summed E-state index contributed by atoms with van der Waals surface area (Å²) in [6.45, 7) is 2.75. The monoisotopic (exact) mass is 375 g/mol. The van der Waals surface area contributed by atoms with Gasteiger partial charge >= 0.3 is 0 Å². The first-order chi connectivity index (χ1) is 11.2. The Labute approximate surface area is 145 Å². The van der Waals surface area contributed by atoms with E-state index < -0.39 is 0 Å². The molecular weight excluding hydrogens is 354 g/mol. The number of benzene rings is 1. The van der Waals surface area contributed by atoms with E-state index in [0.717, 1.165) is 24.0 Å². The van der Waals surface area contributed by atoms with E-state index in [1.165, 1.54) is 18.4 Å². The summed E-state index contributed by atoms with van der Waals surface area (Å²) in [5.41, 5.74) is 1.93. The molecule has 122 valence electrons. The Morgan fingerprint density at radius 1 is 1.30 bits per heavy atom. The van der Waals surface area contributed by atoms with E-state index in [4.69, 9.17) is 0 Å². The van der Waals surface area contributed by atoms with Crippen molar-refractivity contribution in [2.24, 2.45) is 0 Å². The normalized spacial score (nSPS) is 18.7. The molecule has 1 aliphatic heterocycles. The van der Waals surface area contributed by atoms with Gasteiger partial charge in [0.2, 0.25) is 0 Å². The third-order valence-corrected chi connectivity index (χ3v) is 4.83. The number of aromatic amines is 1. The van der Waals surface area contributed by atoms with Crippen LogP contribution in [0.1, 0.15) is 35.3 Å². The fourth-order valence-corrected chi connectivity index (χ4v) is 3.47. The second-order valence-corrected chi connectivity index (χ2v) is 6.96. The molecule has 2 N–H and O–H groups in total. The lowest BCUT2D eigenvalue weighted by Crippen LogP contribution is -2.46. The average molecular weight is 376 g/mol. The van der Waals surface area contributed by atoms with E-state index in [9.17, 15) is 4.79 Å². The minimum absolute atomic E-state index is 0.0408. The third kappa shape index (κ3) is 4.45. The molecule has 0 bridgehead atoms. The Kier molecular flexibility index (Phi) is 5.51. The predicted octanol–water partition coefficient (Wildman–Crippen LogP) is 3.56. The van der Waals surface area contributed by atoms with Crippen LogP contribution in [0.25, 0.3) is 0 Å². The zero-order valence-corrected chi connectivity index (χ0v) is 14.7. The summed E-state index contributed by atoms with van der Waals surface area (Å²) in [5, 5.41) is 3.07. The Bertz CT molecular complexity index is 641. The van der Waals surface area contributed by atoms with Crippen LogP contribution in [0.4, 0.5) is 0 Å². The molecule has 3 rings (SSSR count). The van der Waals surface area contributed by atoms with Gasteiger partial charge < -0.3 is 10.3 Å². The molecule has 2 heterocycles. The Balaban J connectivity index is 1.57. The average Bonchev–Trinajstić information content (AvgIpc) is 3.01. The highest BCUT2D eigenvalue weighted by Gasteiger charge is 2.23. The Morgan fingerprint density at radius 3 is 2.87 bits per heavy atom. The maximum absolute atomic E-state index is 12.2. The number of amides is 1. The number of H-pyrrole nitrogens is 1. The maximum Gasteiger partial charge on any atom is 0.267 e. The van der Waals surface area contributed by atoms with Gasteiger partial charge in [-0.2, -0.15) is 0 Å². The second-order valence-electron chi connectivity index (χ2n) is 6.05. The minimum atomic E-state index is -0.0408. The van der Waals surface area contributed by atoms with E-state index in [-0.39, 0.29) is 5.91 Å². The van der Waals surface area contributed by atoms with Gasteiger partial charge in [-0.05, 0) is 46.9 Å². The van der Waals surface area contributed by atoms with E-state index in [1.807, 2.05) is 6.07 Å². The lowest BCUT2D eigenvalue weighted by Gasteiger charge is -2.35. The van der Waals surface area contributed by atoms with Crippen molar-refractivity contribution in [3.8, 4) is 0 Å². The van der Waals surface area contributed by atoms with E-state index >= 15 is 0 Å². The second kappa shape index (κ2) is 7.79. The standard InChI is InChI=1S/C18H22BrN3O/c19-15-10-17(20-11-15)18(23)21-12-16-8-4-5-9-22(16)13-14-6-2-1-3-7-14/h1-3,6-7,10-11,16,20H,4-5,8-9,12-13H2,(H,21,23). The molecule has 4 nitrogen and oxygen atoms in total. The number of rotatable bonds is 5. The van der Waals surface area contributed by atoms with Crippen molar-refractivity contribution in [2.75, 3.05) is 13.1 Å². The SMILES string of the molecule is O=C(NCC1CCCCN1Cc1ccccc1)c1cc(Br)c[nH]1. The summed E-state index contributed by atoms with van der Waals surface area (Å²) in [7, 11) is 0. The maximum atomic E-state index is 12.2. The summed E-state index contributed by atoms with van der Waals surface area (Å²) in [6, 6.07) is 12.8. The van der Waals surface area contributed by atoms with Crippen LogP contribution >= 0.6 is 15.9 Å². The summed E-state index contributed by atoms with van der Waals surface area (Å²) in [5.74, 6) is -0.0408. The van der Waals surface area contributed by atoms with Crippen LogP contribution in [0.5, 0.6) is 0 Å². The lowest BCUT2D eigenvalue weighted by molar-refractivity contribution is 0.0903. The van der Waals surface area contributed by atoms with Gasteiger partial charge in [0, 0.05) is 29.8 Å². The molecule has 2 aromatic rings. The van der Waals surface area contributed by atoms with Crippen molar-refractivity contribution in [1.29, 1.82) is 0 Å². The van der Waals surface area contributed by atoms with Crippen LogP contribution in [0.2, 0.25) is 0 Å². The molecule has 1 saturated heterocycles. The molecule has 1 amide bonds. The largest absolute Gasteiger partial charge is 0.356 e. The van der Waals surface area contributed by atoms with Gasteiger partial charge in [0.15, 0.2) is 0 Å². The zero-order chi connectivity index (χ0) is 16.1. The van der Waals surface area contributed by atoms with E-state index in [0.29, 0.717) is 18.3 Å². The number of hydrogen-bond donors (Lipinski definition) is 2. The van der Waals surface area contributed by atoms with Crippen molar-refractivity contribution in [2.45, 2.75) is 31.8 Å². The molecular formula is C18H22BrN3O. The number of likely N-dealkylation sites (tertiary alicyclic amines) is 1. The number of nitrogens with zero attached hydrogens (tertiary/aromatic N) is 1. The highest BCUT2D eigenvalue weighted by molar-refractivity contribution is 9.10. The number of carbonyl (C=O) groups excluding carboxylic acids is 1. The summed E-state index contributed by atoms with van der Waals surface area (Å²) < 4.78 is 0.894. The van der Waals surface area contributed by atoms with Crippen LogP contribution in [-0.4, -0.2) is 34.9 Å². The number of piperidine rings is 1. The number of halogens is 1. The smallest absolute Gasteiger partial charge is 0.267 e. The van der Waals surface area contributed by atoms with Gasteiger partial charge in [0.1, 0.15) is 5.69 Å². The molecule has 1 aliphatic rings. The highest BCUT2D eigenvalue weighted by Crippen LogP contribution is 2.19. The summed E-state index contributed by atoms with van der Waals surface area (Å²) in [4.78, 5) is 17.6. The fraction of sp³-hybridized carbons (Fsp3) is 0.389. The molecule has 1 aromatic carbocycles. The number of hydrogen-bond acceptors (Lipinski definition) is 2. The third-order valence-electron chi connectivity index (χ3n) is 4.37. The summed E-state index contributed by atoms with van der Waals surface area (Å²) >= 11 is 3.36. The minimum Gasteiger partial charge on any atom is -0.356 e. The topological polar surface area (TPSA) is 48.1 Å². The van der Waals surface area contributed by atoms with Crippen LogP contribution in [0, 0.1) is 0 Å². The molecule has 1 atom stereocenters. The predicted molar refractivity (Wildman–Crippen MR) is 95.3 cm³/mol. The molecule has 0 spiro atoms. The molecule has 1 unspecified atom stereocenters. The molecule has 1 fully saturated rings. The Morgan fingerprint density at radius 2 is 2.13 bits per heavy atom. The Hall–Kier alpha value is -1.59. The van der Waals surface area contributed by atoms with Crippen molar-refractivity contribution >= 4 is 21.8 Å². The molecule has 0 saturated carbocycles. The quantitative estimate of drug-likeness (QED) is 0.838. The van der Waals surface area contributed by atoms with Crippen LogP contribution < -0.4 is 5.32 Å². The highest BCUT2D eigenvalue weighted by atomic mass is 79.9. The molecule has 0 aliphatic carbocycles. The van der Waals surface area contributed by atoms with Crippen LogP contribution in [-0.2, 0) is 6.54 Å². The number of carbonyl (C=O) groups is 1. The van der Waals surface area contributed by atoms with Gasteiger partial charge in [-0.3, -0.25) is 9.69 Å². The first-order valence-electron chi connectivity index (χ1n) is 8.12. The van der Waals surface area contributed by atoms with Gasteiger partial charge in [-0.15, -0.1) is 0 Å². The summed E-state index contributed by atoms with van der Waals surface area (Å²) in [6.07, 6.45) is 5.39. The molecule has 0 radical (unpaired) electrons. The van der Waals surface area contributed by atoms with Crippen LogP contribution in [0.3, 0.4) is 0 Å². The zero-order valence-electron chi connectivity index (χ0n) is 13.1. The van der Waals surface area contributed by atoms with Crippen LogP contribution in [0.15, 0.2) is 47.1 Å². The van der Waals surface area contributed by atoms with Crippen molar-refractivity contribution in [3.63, 3.8) is 0 Å². The first-order valence-corrected chi connectivity index (χ1v) is 8.92. The van der Waals surface area contributed by atoms with Gasteiger partial charge in [0.25, 0.3) is 5.91 Å². The number of nitrogens with one attached hydrogen (secondary N) is 2. The first kappa shape index (κ1) is 16.3.